The minimum absolute atomic E-state index is 0. The molecule has 14 nitrogen and oxygen atoms in total. The van der Waals surface area contributed by atoms with Crippen molar-refractivity contribution in [3.8, 4) is 0 Å². The van der Waals surface area contributed by atoms with Crippen LogP contribution < -0.4 is 10.9 Å². The van der Waals surface area contributed by atoms with Gasteiger partial charge in [0.25, 0.3) is 0 Å². The smallest absolute Gasteiger partial charge is 0.394 e. The molecule has 448 valence electrons. The highest BCUT2D eigenvalue weighted by molar-refractivity contribution is 7.79. The van der Waals surface area contributed by atoms with Crippen molar-refractivity contribution in [1.29, 1.82) is 0 Å². The molecule has 0 saturated heterocycles. The zero-order chi connectivity index (χ0) is 53.9. The highest BCUT2D eigenvalue weighted by Gasteiger charge is 2.10. The minimum Gasteiger partial charge on any atom is -0.466 e. The van der Waals surface area contributed by atoms with Gasteiger partial charge in [-0.1, -0.05) is 219 Å². The van der Waals surface area contributed by atoms with Crippen molar-refractivity contribution in [2.24, 2.45) is 0 Å². The molecule has 0 bridgehead atoms. The van der Waals surface area contributed by atoms with Crippen LogP contribution in [0.3, 0.4) is 0 Å². The van der Waals surface area contributed by atoms with Crippen molar-refractivity contribution < 1.29 is 55.8 Å². The first kappa shape index (κ1) is 97.9. The number of carbonyl (C=O) groups excluding carboxylic acids is 7. The van der Waals surface area contributed by atoms with Crippen molar-refractivity contribution in [3.05, 3.63) is 200 Å². The summed E-state index contributed by atoms with van der Waals surface area (Å²) >= 11 is 0. The Bertz CT molecular complexity index is 3210. The highest BCUT2D eigenvalue weighted by Crippen LogP contribution is 2.28. The number of ether oxygens (including phenoxy) is 1. The number of hydrogen-bond donors (Lipinski definition) is 2. The average Bonchev–Trinajstić information content (AvgIpc) is 3.93. The summed E-state index contributed by atoms with van der Waals surface area (Å²) in [5.41, 5.74) is 4.87. The van der Waals surface area contributed by atoms with Crippen LogP contribution in [0.4, 0.5) is 0 Å². The number of carbonyl (C=O) groups is 1. The summed E-state index contributed by atoms with van der Waals surface area (Å²) in [5, 5.41) is 10.1. The van der Waals surface area contributed by atoms with E-state index < -0.39 is 10.4 Å². The molecule has 0 fully saturated rings. The second kappa shape index (κ2) is 54.7. The van der Waals surface area contributed by atoms with Crippen LogP contribution in [0.5, 0.6) is 0 Å². The molecule has 2 N–H and O–H groups in total. The number of rotatable bonds is 3. The van der Waals surface area contributed by atoms with Crippen LogP contribution in [0.15, 0.2) is 167 Å². The van der Waals surface area contributed by atoms with Gasteiger partial charge < -0.3 is 4.74 Å². The van der Waals surface area contributed by atoms with Gasteiger partial charge in [0.05, 0.1) is 7.11 Å². The molecule has 0 unspecified atom stereocenters. The first-order valence-corrected chi connectivity index (χ1v) is 22.5. The van der Waals surface area contributed by atoms with Gasteiger partial charge in [-0.3, -0.25) is 18.7 Å². The van der Waals surface area contributed by atoms with Gasteiger partial charge in [0.1, 0.15) is 0 Å². The fourth-order valence-electron chi connectivity index (χ4n) is 6.16. The zero-order valence-corrected chi connectivity index (χ0v) is 41.2. The number of benzene rings is 6. The van der Waals surface area contributed by atoms with Gasteiger partial charge in [0.2, 0.25) is 0 Å². The Balaban J connectivity index is -0.0000000818. The molecule has 15 heteroatoms. The van der Waals surface area contributed by atoms with E-state index >= 15 is 0 Å². The van der Waals surface area contributed by atoms with Gasteiger partial charge in [-0.25, -0.2) is 4.79 Å². The molecular weight excluding hydrogens is 1050 g/mol. The second-order valence-corrected chi connectivity index (χ2v) is 15.1. The predicted molar refractivity (Wildman–Crippen MR) is 344 cm³/mol. The van der Waals surface area contributed by atoms with E-state index in [1.807, 2.05) is 114 Å². The van der Waals surface area contributed by atoms with Crippen molar-refractivity contribution in [3.63, 3.8) is 0 Å². The SMILES string of the molecule is C.C.C.C.C.C.C.C.C.C.C/C=C\C.C/C=C\C.C/C=C\c1ccc2cc(C=CC(=O)OC)ccc2c1.Cc1ccc2cc(C)ccc2c1.O=C=O.O=C=O.O=C=O.O=S(=O)(O)O.O=c1ccc2ccc3c(ccc4ccc(=O)c43)c12. The molecule has 0 aliphatic carbocycles. The van der Waals surface area contributed by atoms with Crippen molar-refractivity contribution >= 4 is 101 Å². The van der Waals surface area contributed by atoms with Gasteiger partial charge in [-0.2, -0.15) is 37.2 Å². The Morgan fingerprint density at radius 3 is 0.963 bits per heavy atom. The standard InChI is InChI=1S/C17H16O2.C16H8O2.C12H12.2C4H8.3CO2.10CH4.H2O4S/c1-3-4-13-5-8-16-12-14(6-9-15(16)11-13)7-10-17(18)19-2;17-13-7-3-9-1-5-11-12(15(9)13)6-2-10-4-8-14(18)16(10)11;1-9-3-5-12-8-10(2)4-6-11(12)7-9;2*1-3-4-2;3*2-1-3;;;;;;;;;;;1-5(2,3)4/h3-12H,1-2H3;1-8H;3-8H,1-2H3;2*3-4H,1-2H3;;;;10*1H4;(H2,1,2,3,4)/b4-3-,10-7?;;;2*4-3-;;;;;;;;;;;;;;. The average molecular weight is 1140 g/mol. The van der Waals surface area contributed by atoms with Crippen LogP contribution in [0.2, 0.25) is 0 Å². The van der Waals surface area contributed by atoms with Gasteiger partial charge in [0, 0.05) is 16.8 Å². The molecule has 0 aliphatic heterocycles. The summed E-state index contributed by atoms with van der Waals surface area (Å²) in [4.78, 5) is 83.5. The lowest BCUT2D eigenvalue weighted by Crippen LogP contribution is -1.95. The van der Waals surface area contributed by atoms with Crippen LogP contribution in [-0.4, -0.2) is 49.1 Å². The maximum atomic E-state index is 11.9. The number of esters is 1. The van der Waals surface area contributed by atoms with Crippen molar-refractivity contribution in [2.45, 2.75) is 123 Å². The van der Waals surface area contributed by atoms with Crippen LogP contribution in [0.1, 0.15) is 131 Å². The zero-order valence-electron chi connectivity index (χ0n) is 40.4. The van der Waals surface area contributed by atoms with E-state index in [2.05, 4.69) is 85.3 Å². The van der Waals surface area contributed by atoms with E-state index in [0.717, 1.165) is 43.3 Å². The third kappa shape index (κ3) is 37.8. The number of hydrogen-bond acceptors (Lipinski definition) is 12. The normalized spacial score (nSPS) is 8.81. The lowest BCUT2D eigenvalue weighted by atomic mass is 10.0. The van der Waals surface area contributed by atoms with Crippen LogP contribution in [0.25, 0.3) is 66.0 Å². The highest BCUT2D eigenvalue weighted by atomic mass is 32.3. The third-order valence-electron chi connectivity index (χ3n) is 9.27. The van der Waals surface area contributed by atoms with Crippen molar-refractivity contribution in [1.82, 2.24) is 0 Å². The predicted octanol–water partition coefficient (Wildman–Crippen LogP) is 17.4. The number of aryl methyl sites for hydroxylation is 2. The first-order chi connectivity index (χ1) is 33.8. The summed E-state index contributed by atoms with van der Waals surface area (Å²) in [7, 11) is -3.30. The largest absolute Gasteiger partial charge is 0.466 e. The topological polar surface area (TPSA) is 237 Å². The second-order valence-electron chi connectivity index (χ2n) is 14.2. The summed E-state index contributed by atoms with van der Waals surface area (Å²) in [6.45, 7) is 14.3. The number of allylic oxidation sites excluding steroid dienone is 5. The van der Waals surface area contributed by atoms with Crippen molar-refractivity contribution in [2.75, 3.05) is 7.11 Å². The minimum atomic E-state index is -4.67. The molecule has 0 spiro atoms. The van der Waals surface area contributed by atoms with E-state index in [-0.39, 0.29) is 110 Å². The monoisotopic (exact) mass is 1140 g/mol. The molecule has 8 aromatic carbocycles. The van der Waals surface area contributed by atoms with E-state index in [1.54, 1.807) is 18.2 Å². The fourth-order valence-corrected chi connectivity index (χ4v) is 6.16. The molecule has 0 radical (unpaired) electrons. The van der Waals surface area contributed by atoms with E-state index in [4.69, 9.17) is 46.3 Å². The lowest BCUT2D eigenvalue weighted by molar-refractivity contribution is -0.193. The van der Waals surface area contributed by atoms with Gasteiger partial charge >= 0.3 is 34.8 Å². The fraction of sp³-hybridized carbons (Fsp3) is 0.273. The molecule has 8 aromatic rings. The molecule has 0 aromatic heterocycles. The van der Waals surface area contributed by atoms with Gasteiger partial charge in [-0.05, 0) is 133 Å². The Morgan fingerprint density at radius 2 is 0.679 bits per heavy atom. The Hall–Kier alpha value is -8.64. The molecule has 8 rings (SSSR count). The summed E-state index contributed by atoms with van der Waals surface area (Å²) in [6.07, 6.45) is 16.0. The maximum absolute atomic E-state index is 11.9. The van der Waals surface area contributed by atoms with E-state index in [0.29, 0.717) is 0 Å². The Labute approximate surface area is 484 Å². The summed E-state index contributed by atoms with van der Waals surface area (Å²) < 4.78 is 36.2. The van der Waals surface area contributed by atoms with Crippen LogP contribution in [0, 0.1) is 13.8 Å². The summed E-state index contributed by atoms with van der Waals surface area (Å²) in [6, 6.07) is 40.0. The molecule has 0 aliphatic rings. The Morgan fingerprint density at radius 1 is 0.420 bits per heavy atom. The van der Waals surface area contributed by atoms with Crippen LogP contribution in [-0.2, 0) is 48.7 Å². The maximum Gasteiger partial charge on any atom is 0.394 e. The van der Waals surface area contributed by atoms with Gasteiger partial charge in [-0.15, -0.1) is 0 Å². The van der Waals surface area contributed by atoms with Gasteiger partial charge in [0.15, 0.2) is 10.9 Å². The molecule has 0 atom stereocenters. The quantitative estimate of drug-likeness (QED) is 0.0724. The molecular formula is C66H94O14S. The first-order valence-electron chi connectivity index (χ1n) is 21.1. The molecule has 0 amide bonds. The van der Waals surface area contributed by atoms with E-state index in [1.165, 1.54) is 46.0 Å². The third-order valence-corrected chi connectivity index (χ3v) is 9.27. The molecule has 0 saturated carbocycles. The number of fused-ring (bicyclic) bond motifs is 7. The lowest BCUT2D eigenvalue weighted by Gasteiger charge is -2.01. The molecule has 0 heterocycles. The number of methoxy groups -OCH3 is 1. The van der Waals surface area contributed by atoms with E-state index in [9.17, 15) is 14.4 Å². The molecule has 81 heavy (non-hydrogen) atoms. The summed E-state index contributed by atoms with van der Waals surface area (Å²) in [5.74, 6) is -0.344. The Kier molecular flexibility index (Phi) is 66.1. The van der Waals surface area contributed by atoms with Crippen LogP contribution >= 0.6 is 0 Å².